The number of halogens is 1. The summed E-state index contributed by atoms with van der Waals surface area (Å²) in [6, 6.07) is 14.7. The SMILES string of the molecule is O=C(Nc1nnc(Cc2ccccc2)o1)Nc1ccccc1F. The standard InChI is InChI=1S/C16H13FN4O2/c17-12-8-4-5-9-13(12)18-15(22)19-16-21-20-14(23-16)10-11-6-2-1-3-7-11/h1-9H,10H2,(H2,18,19,21,22). The van der Waals surface area contributed by atoms with Crippen LogP contribution in [-0.2, 0) is 6.42 Å². The third-order valence-electron chi connectivity index (χ3n) is 3.01. The van der Waals surface area contributed by atoms with Crippen LogP contribution in [0.4, 0.5) is 20.9 Å². The van der Waals surface area contributed by atoms with Crippen LogP contribution in [0.2, 0.25) is 0 Å². The smallest absolute Gasteiger partial charge is 0.327 e. The van der Waals surface area contributed by atoms with Crippen LogP contribution >= 0.6 is 0 Å². The first-order chi connectivity index (χ1) is 11.2. The first-order valence-electron chi connectivity index (χ1n) is 6.89. The molecule has 0 spiro atoms. The Morgan fingerprint density at radius 3 is 2.52 bits per heavy atom. The zero-order valence-electron chi connectivity index (χ0n) is 12.0. The van der Waals surface area contributed by atoms with Gasteiger partial charge in [0.1, 0.15) is 5.82 Å². The molecule has 0 unspecified atom stereocenters. The Morgan fingerprint density at radius 2 is 1.74 bits per heavy atom. The normalized spacial score (nSPS) is 10.3. The monoisotopic (exact) mass is 312 g/mol. The van der Waals surface area contributed by atoms with Gasteiger partial charge in [0.05, 0.1) is 12.1 Å². The Hall–Kier alpha value is -3.22. The third-order valence-corrected chi connectivity index (χ3v) is 3.01. The molecule has 0 fully saturated rings. The van der Waals surface area contributed by atoms with Crippen molar-refractivity contribution >= 4 is 17.7 Å². The van der Waals surface area contributed by atoms with E-state index in [1.165, 1.54) is 18.2 Å². The number of nitrogens with one attached hydrogen (secondary N) is 2. The molecule has 0 saturated carbocycles. The van der Waals surface area contributed by atoms with Gasteiger partial charge in [0.25, 0.3) is 0 Å². The predicted octanol–water partition coefficient (Wildman–Crippen LogP) is 3.44. The van der Waals surface area contributed by atoms with Gasteiger partial charge in [-0.15, -0.1) is 5.10 Å². The zero-order valence-corrected chi connectivity index (χ0v) is 12.0. The second-order valence-electron chi connectivity index (χ2n) is 4.72. The Bertz CT molecular complexity index is 805. The van der Waals surface area contributed by atoms with Crippen LogP contribution in [0.5, 0.6) is 0 Å². The largest absolute Gasteiger partial charge is 0.407 e. The van der Waals surface area contributed by atoms with Gasteiger partial charge in [0, 0.05) is 0 Å². The van der Waals surface area contributed by atoms with Gasteiger partial charge in [0.15, 0.2) is 0 Å². The van der Waals surface area contributed by atoms with Gasteiger partial charge < -0.3 is 9.73 Å². The maximum Gasteiger partial charge on any atom is 0.327 e. The molecule has 0 bridgehead atoms. The molecule has 1 aromatic heterocycles. The van der Waals surface area contributed by atoms with Crippen LogP contribution in [0, 0.1) is 5.82 Å². The van der Waals surface area contributed by atoms with E-state index in [0.29, 0.717) is 12.3 Å². The van der Waals surface area contributed by atoms with Crippen LogP contribution in [0.25, 0.3) is 0 Å². The van der Waals surface area contributed by atoms with Crippen molar-refractivity contribution in [1.29, 1.82) is 0 Å². The fraction of sp³-hybridized carbons (Fsp3) is 0.0625. The number of hydrogen-bond donors (Lipinski definition) is 2. The lowest BCUT2D eigenvalue weighted by molar-refractivity contribution is 0.261. The fourth-order valence-electron chi connectivity index (χ4n) is 1.96. The van der Waals surface area contributed by atoms with Gasteiger partial charge in [-0.2, -0.15) is 0 Å². The van der Waals surface area contributed by atoms with Crippen molar-refractivity contribution < 1.29 is 13.6 Å². The molecular weight excluding hydrogens is 299 g/mol. The first kappa shape index (κ1) is 14.7. The molecule has 116 valence electrons. The van der Waals surface area contributed by atoms with E-state index in [-0.39, 0.29) is 11.7 Å². The summed E-state index contributed by atoms with van der Waals surface area (Å²) in [5, 5.41) is 12.3. The van der Waals surface area contributed by atoms with E-state index in [0.717, 1.165) is 5.56 Å². The van der Waals surface area contributed by atoms with E-state index in [2.05, 4.69) is 20.8 Å². The lowest BCUT2D eigenvalue weighted by atomic mass is 10.2. The molecule has 0 aliphatic carbocycles. The average Bonchev–Trinajstić information content (AvgIpc) is 2.97. The molecule has 1 heterocycles. The Morgan fingerprint density at radius 1 is 1.00 bits per heavy atom. The van der Waals surface area contributed by atoms with E-state index in [9.17, 15) is 9.18 Å². The second-order valence-corrected chi connectivity index (χ2v) is 4.72. The highest BCUT2D eigenvalue weighted by Gasteiger charge is 2.11. The van der Waals surface area contributed by atoms with Crippen molar-refractivity contribution in [3.05, 3.63) is 71.9 Å². The van der Waals surface area contributed by atoms with Gasteiger partial charge in [-0.25, -0.2) is 9.18 Å². The summed E-state index contributed by atoms with van der Waals surface area (Å²) in [6.07, 6.45) is 0.463. The lowest BCUT2D eigenvalue weighted by Crippen LogP contribution is -2.20. The number of carbonyl (C=O) groups is 1. The maximum absolute atomic E-state index is 13.4. The molecule has 0 aliphatic rings. The number of anilines is 2. The Balaban J connectivity index is 1.60. The summed E-state index contributed by atoms with van der Waals surface area (Å²) in [7, 11) is 0. The molecule has 3 aromatic rings. The fourth-order valence-corrected chi connectivity index (χ4v) is 1.96. The number of carbonyl (C=O) groups excluding carboxylic acids is 1. The lowest BCUT2D eigenvalue weighted by Gasteiger charge is -2.05. The van der Waals surface area contributed by atoms with Gasteiger partial charge in [-0.1, -0.05) is 47.6 Å². The van der Waals surface area contributed by atoms with Crippen LogP contribution in [0.3, 0.4) is 0 Å². The minimum Gasteiger partial charge on any atom is -0.407 e. The number of rotatable bonds is 4. The summed E-state index contributed by atoms with van der Waals surface area (Å²) in [5.41, 5.74) is 1.08. The van der Waals surface area contributed by atoms with Gasteiger partial charge in [-0.05, 0) is 17.7 Å². The molecule has 2 aromatic carbocycles. The Kier molecular flexibility index (Phi) is 4.28. The number of aromatic nitrogens is 2. The minimum atomic E-state index is -0.662. The highest BCUT2D eigenvalue weighted by atomic mass is 19.1. The number of para-hydroxylation sites is 1. The first-order valence-corrected chi connectivity index (χ1v) is 6.89. The zero-order chi connectivity index (χ0) is 16.1. The summed E-state index contributed by atoms with van der Waals surface area (Å²) in [4.78, 5) is 11.8. The number of urea groups is 1. The van der Waals surface area contributed by atoms with E-state index >= 15 is 0 Å². The van der Waals surface area contributed by atoms with Crippen molar-refractivity contribution in [1.82, 2.24) is 10.2 Å². The Labute approximate surface area is 131 Å². The van der Waals surface area contributed by atoms with Crippen LogP contribution in [-0.4, -0.2) is 16.2 Å². The molecule has 6 nitrogen and oxygen atoms in total. The quantitative estimate of drug-likeness (QED) is 0.773. The minimum absolute atomic E-state index is 0.0511. The van der Waals surface area contributed by atoms with E-state index < -0.39 is 11.8 Å². The maximum atomic E-state index is 13.4. The van der Waals surface area contributed by atoms with Gasteiger partial charge >= 0.3 is 12.0 Å². The molecule has 0 atom stereocenters. The molecular formula is C16H13FN4O2. The molecule has 0 saturated heterocycles. The molecule has 2 amide bonds. The van der Waals surface area contributed by atoms with E-state index in [1.807, 2.05) is 30.3 Å². The number of hydrogen-bond acceptors (Lipinski definition) is 4. The predicted molar refractivity (Wildman–Crippen MR) is 82.6 cm³/mol. The van der Waals surface area contributed by atoms with Crippen molar-refractivity contribution in [3.8, 4) is 0 Å². The third kappa shape index (κ3) is 3.91. The van der Waals surface area contributed by atoms with Crippen molar-refractivity contribution in [2.24, 2.45) is 0 Å². The van der Waals surface area contributed by atoms with Gasteiger partial charge in [-0.3, -0.25) is 5.32 Å². The van der Waals surface area contributed by atoms with E-state index in [1.54, 1.807) is 6.07 Å². The molecule has 7 heteroatoms. The van der Waals surface area contributed by atoms with Crippen LogP contribution in [0.15, 0.2) is 59.0 Å². The summed E-state index contributed by atoms with van der Waals surface area (Å²) in [6.45, 7) is 0. The van der Waals surface area contributed by atoms with Gasteiger partial charge in [0.2, 0.25) is 5.89 Å². The summed E-state index contributed by atoms with van der Waals surface area (Å²) in [5.74, 6) is -0.157. The molecule has 3 rings (SSSR count). The van der Waals surface area contributed by atoms with Crippen LogP contribution < -0.4 is 10.6 Å². The number of amides is 2. The van der Waals surface area contributed by atoms with E-state index in [4.69, 9.17) is 4.42 Å². The molecule has 23 heavy (non-hydrogen) atoms. The highest BCUT2D eigenvalue weighted by molar-refractivity contribution is 5.98. The van der Waals surface area contributed by atoms with Crippen molar-refractivity contribution in [2.45, 2.75) is 6.42 Å². The van der Waals surface area contributed by atoms with Crippen LogP contribution in [0.1, 0.15) is 11.5 Å². The molecule has 0 radical (unpaired) electrons. The topological polar surface area (TPSA) is 80.1 Å². The molecule has 0 aliphatic heterocycles. The summed E-state index contributed by atoms with van der Waals surface area (Å²) >= 11 is 0. The molecule has 2 N–H and O–H groups in total. The van der Waals surface area contributed by atoms with Crippen molar-refractivity contribution in [3.63, 3.8) is 0 Å². The average molecular weight is 312 g/mol. The second kappa shape index (κ2) is 6.69. The summed E-state index contributed by atoms with van der Waals surface area (Å²) < 4.78 is 18.8. The van der Waals surface area contributed by atoms with Crippen molar-refractivity contribution in [2.75, 3.05) is 10.6 Å². The number of nitrogens with zero attached hydrogens (tertiary/aromatic N) is 2. The number of benzene rings is 2. The highest BCUT2D eigenvalue weighted by Crippen LogP contribution is 2.14.